The summed E-state index contributed by atoms with van der Waals surface area (Å²) in [7, 11) is 0. The van der Waals surface area contributed by atoms with Gasteiger partial charge >= 0.3 is 5.63 Å². The van der Waals surface area contributed by atoms with E-state index in [1.54, 1.807) is 0 Å². The second-order valence-electron chi connectivity index (χ2n) is 7.57. The van der Waals surface area contributed by atoms with E-state index in [2.05, 4.69) is 19.1 Å². The maximum absolute atomic E-state index is 12.9. The Morgan fingerprint density at radius 2 is 1.92 bits per heavy atom. The van der Waals surface area contributed by atoms with Crippen LogP contribution in [-0.4, -0.2) is 5.11 Å². The lowest BCUT2D eigenvalue weighted by molar-refractivity contribution is 0.371. The molecule has 1 N–H and O–H groups in total. The summed E-state index contributed by atoms with van der Waals surface area (Å²) in [5, 5.41) is 11.1. The van der Waals surface area contributed by atoms with Crippen LogP contribution in [0.1, 0.15) is 79.7 Å². The third-order valence-electron chi connectivity index (χ3n) is 5.92. The van der Waals surface area contributed by atoms with Crippen LogP contribution in [0, 0.1) is 5.92 Å². The Balaban J connectivity index is 1.87. The third-order valence-corrected chi connectivity index (χ3v) is 5.92. The summed E-state index contributed by atoms with van der Waals surface area (Å²) < 4.78 is 5.86. The molecule has 2 aromatic rings. The Bertz CT molecular complexity index is 802. The Labute approximate surface area is 148 Å². The average Bonchev–Trinajstić information content (AvgIpc) is 3.46. The summed E-state index contributed by atoms with van der Waals surface area (Å²) >= 11 is 0. The maximum atomic E-state index is 12.9. The quantitative estimate of drug-likeness (QED) is 0.788. The van der Waals surface area contributed by atoms with Crippen LogP contribution in [0.5, 0.6) is 5.75 Å². The lowest BCUT2D eigenvalue weighted by Crippen LogP contribution is -2.19. The Morgan fingerprint density at radius 1 is 1.16 bits per heavy atom. The molecule has 1 fully saturated rings. The van der Waals surface area contributed by atoms with Gasteiger partial charge in [-0.3, -0.25) is 0 Å². The minimum Gasteiger partial charge on any atom is -0.507 e. The monoisotopic (exact) mass is 338 g/mol. The summed E-state index contributed by atoms with van der Waals surface area (Å²) in [6.45, 7) is 2.13. The number of hydrogen-bond donors (Lipinski definition) is 1. The number of aromatic hydroxyl groups is 1. The van der Waals surface area contributed by atoms with Crippen molar-refractivity contribution in [3.8, 4) is 5.75 Å². The van der Waals surface area contributed by atoms with Crippen molar-refractivity contribution >= 4 is 0 Å². The molecule has 1 aromatic carbocycles. The van der Waals surface area contributed by atoms with E-state index in [4.69, 9.17) is 4.42 Å². The van der Waals surface area contributed by atoms with Gasteiger partial charge in [0.25, 0.3) is 0 Å². The molecule has 3 heteroatoms. The van der Waals surface area contributed by atoms with E-state index >= 15 is 0 Å². The molecule has 2 unspecified atom stereocenters. The van der Waals surface area contributed by atoms with Crippen molar-refractivity contribution in [3.63, 3.8) is 0 Å². The van der Waals surface area contributed by atoms with Gasteiger partial charge in [-0.15, -0.1) is 0 Å². The molecule has 2 aliphatic carbocycles. The van der Waals surface area contributed by atoms with Gasteiger partial charge in [0.05, 0.1) is 5.56 Å². The van der Waals surface area contributed by atoms with Crippen molar-refractivity contribution in [2.75, 3.05) is 0 Å². The van der Waals surface area contributed by atoms with E-state index < -0.39 is 0 Å². The Hall–Kier alpha value is -2.03. The zero-order valence-corrected chi connectivity index (χ0v) is 14.8. The molecular weight excluding hydrogens is 312 g/mol. The van der Waals surface area contributed by atoms with Crippen LogP contribution in [0.4, 0.5) is 0 Å². The molecule has 0 radical (unpaired) electrons. The first-order valence-corrected chi connectivity index (χ1v) is 9.64. The lowest BCUT2D eigenvalue weighted by Gasteiger charge is -2.21. The Morgan fingerprint density at radius 3 is 2.60 bits per heavy atom. The molecule has 1 saturated carbocycles. The predicted molar refractivity (Wildman–Crippen MR) is 98.2 cm³/mol. The highest BCUT2D eigenvalue weighted by Crippen LogP contribution is 2.49. The molecule has 132 valence electrons. The van der Waals surface area contributed by atoms with Crippen molar-refractivity contribution in [3.05, 3.63) is 63.2 Å². The fourth-order valence-electron chi connectivity index (χ4n) is 4.42. The van der Waals surface area contributed by atoms with Crippen LogP contribution >= 0.6 is 0 Å². The summed E-state index contributed by atoms with van der Waals surface area (Å²) in [5.74, 6) is 1.59. The van der Waals surface area contributed by atoms with E-state index in [0.29, 0.717) is 11.5 Å². The molecule has 0 saturated heterocycles. The van der Waals surface area contributed by atoms with Gasteiger partial charge in [-0.05, 0) is 50.0 Å². The van der Waals surface area contributed by atoms with Gasteiger partial charge < -0.3 is 9.52 Å². The standard InChI is InChI=1S/C22H26O3/c1-2-14-8-6-7-11-17-20(23)19(22(24)25-21(14)17)18(16-12-13-16)15-9-4-3-5-10-15/h3-5,9-10,14,16,18,23H,2,6-8,11-13H2,1H3. The van der Waals surface area contributed by atoms with Gasteiger partial charge in [0.2, 0.25) is 0 Å². The van der Waals surface area contributed by atoms with E-state index in [1.165, 1.54) is 0 Å². The molecule has 0 spiro atoms. The summed E-state index contributed by atoms with van der Waals surface area (Å²) in [6.07, 6.45) is 7.16. The molecule has 2 atom stereocenters. The molecule has 3 nitrogen and oxygen atoms in total. The number of rotatable bonds is 4. The van der Waals surface area contributed by atoms with E-state index in [-0.39, 0.29) is 23.2 Å². The van der Waals surface area contributed by atoms with Crippen LogP contribution < -0.4 is 5.63 Å². The highest BCUT2D eigenvalue weighted by Gasteiger charge is 2.38. The molecule has 25 heavy (non-hydrogen) atoms. The summed E-state index contributed by atoms with van der Waals surface area (Å²) in [4.78, 5) is 12.9. The van der Waals surface area contributed by atoms with Gasteiger partial charge in [0.1, 0.15) is 11.5 Å². The fourth-order valence-corrected chi connectivity index (χ4v) is 4.42. The lowest BCUT2D eigenvalue weighted by atomic mass is 9.85. The summed E-state index contributed by atoms with van der Waals surface area (Å²) in [5.41, 5.74) is 2.15. The average molecular weight is 338 g/mol. The maximum Gasteiger partial charge on any atom is 0.343 e. The minimum absolute atomic E-state index is 0.0499. The van der Waals surface area contributed by atoms with Crippen molar-refractivity contribution in [2.24, 2.45) is 5.92 Å². The van der Waals surface area contributed by atoms with E-state index in [9.17, 15) is 9.90 Å². The van der Waals surface area contributed by atoms with Crippen molar-refractivity contribution < 1.29 is 9.52 Å². The minimum atomic E-state index is -0.336. The van der Waals surface area contributed by atoms with Crippen LogP contribution in [0.25, 0.3) is 0 Å². The van der Waals surface area contributed by atoms with Gasteiger partial charge in [-0.1, -0.05) is 43.7 Å². The second kappa shape index (κ2) is 6.70. The van der Waals surface area contributed by atoms with Crippen LogP contribution in [0.3, 0.4) is 0 Å². The van der Waals surface area contributed by atoms with Crippen molar-refractivity contribution in [1.82, 2.24) is 0 Å². The first-order valence-electron chi connectivity index (χ1n) is 9.64. The van der Waals surface area contributed by atoms with Gasteiger partial charge in [-0.2, -0.15) is 0 Å². The topological polar surface area (TPSA) is 50.4 Å². The van der Waals surface area contributed by atoms with E-state index in [0.717, 1.165) is 61.8 Å². The molecule has 0 amide bonds. The van der Waals surface area contributed by atoms with Crippen LogP contribution in [0.2, 0.25) is 0 Å². The highest BCUT2D eigenvalue weighted by atomic mass is 16.4. The van der Waals surface area contributed by atoms with Crippen LogP contribution in [0.15, 0.2) is 39.5 Å². The number of benzene rings is 1. The third kappa shape index (κ3) is 3.01. The molecule has 1 heterocycles. The molecule has 0 aliphatic heterocycles. The van der Waals surface area contributed by atoms with Crippen molar-refractivity contribution in [2.45, 2.75) is 63.7 Å². The number of fused-ring (bicyclic) bond motifs is 1. The normalized spacial score (nSPS) is 21.4. The molecule has 0 bridgehead atoms. The highest BCUT2D eigenvalue weighted by molar-refractivity contribution is 5.47. The zero-order valence-electron chi connectivity index (χ0n) is 14.8. The van der Waals surface area contributed by atoms with Crippen molar-refractivity contribution in [1.29, 1.82) is 0 Å². The van der Waals surface area contributed by atoms with Gasteiger partial charge in [0, 0.05) is 17.4 Å². The number of hydrogen-bond acceptors (Lipinski definition) is 3. The Kier molecular flexibility index (Phi) is 4.41. The first kappa shape index (κ1) is 16.4. The fraction of sp³-hybridized carbons (Fsp3) is 0.500. The molecule has 2 aliphatic rings. The first-order chi connectivity index (χ1) is 12.2. The zero-order chi connectivity index (χ0) is 17.4. The summed E-state index contributed by atoms with van der Waals surface area (Å²) in [6, 6.07) is 10.1. The largest absolute Gasteiger partial charge is 0.507 e. The van der Waals surface area contributed by atoms with Gasteiger partial charge in [-0.25, -0.2) is 4.79 Å². The molecule has 1 aromatic heterocycles. The second-order valence-corrected chi connectivity index (χ2v) is 7.57. The van der Waals surface area contributed by atoms with Crippen LogP contribution in [-0.2, 0) is 6.42 Å². The van der Waals surface area contributed by atoms with Gasteiger partial charge in [0.15, 0.2) is 0 Å². The molecular formula is C22H26O3. The van der Waals surface area contributed by atoms with E-state index in [1.807, 2.05) is 18.2 Å². The predicted octanol–water partition coefficient (Wildman–Crippen LogP) is 5.11. The molecule has 4 rings (SSSR count). The smallest absolute Gasteiger partial charge is 0.343 e. The SMILES string of the molecule is CCC1CCCCc2c1oc(=O)c(C(c1ccccc1)C1CC1)c2O.